The molecule has 15 heavy (non-hydrogen) atoms. The van der Waals surface area contributed by atoms with Crippen LogP contribution >= 0.6 is 0 Å². The third-order valence-electron chi connectivity index (χ3n) is 1.77. The number of anilines is 2. The Bertz CT molecular complexity index is 343. The highest BCUT2D eigenvalue weighted by Crippen LogP contribution is 2.11. The first-order valence-corrected chi connectivity index (χ1v) is 4.62. The maximum Gasteiger partial charge on any atom is 0.323 e. The number of likely N-dealkylation sites (N-methyl/N-ethyl adjacent to an activating group) is 1. The van der Waals surface area contributed by atoms with Gasteiger partial charge in [0.15, 0.2) is 0 Å². The third-order valence-corrected chi connectivity index (χ3v) is 1.77. The van der Waals surface area contributed by atoms with E-state index in [1.807, 2.05) is 6.92 Å². The largest absolute Gasteiger partial charge is 0.480 e. The maximum absolute atomic E-state index is 10.5. The summed E-state index contributed by atoms with van der Waals surface area (Å²) in [5.41, 5.74) is 0. The molecule has 82 valence electrons. The summed E-state index contributed by atoms with van der Waals surface area (Å²) in [6.45, 7) is 2.64. The first-order valence-electron chi connectivity index (χ1n) is 4.62. The van der Waals surface area contributed by atoms with Gasteiger partial charge in [-0.05, 0) is 6.92 Å². The molecule has 0 aliphatic heterocycles. The molecule has 0 aliphatic carbocycles. The van der Waals surface area contributed by atoms with Crippen LogP contribution in [0, 0.1) is 0 Å². The molecular weight excluding hydrogens is 196 g/mol. The fourth-order valence-electron chi connectivity index (χ4n) is 1.12. The van der Waals surface area contributed by atoms with Gasteiger partial charge in [-0.2, -0.15) is 0 Å². The van der Waals surface area contributed by atoms with E-state index in [9.17, 15) is 4.79 Å². The maximum atomic E-state index is 10.5. The van der Waals surface area contributed by atoms with Crippen LogP contribution in [0.15, 0.2) is 12.4 Å². The summed E-state index contributed by atoms with van der Waals surface area (Å²) in [6.07, 6.45) is 1.41. The Balaban J connectivity index is 2.75. The Morgan fingerprint density at radius 2 is 2.33 bits per heavy atom. The van der Waals surface area contributed by atoms with Gasteiger partial charge in [0.25, 0.3) is 0 Å². The molecule has 0 aliphatic rings. The third kappa shape index (κ3) is 3.41. The summed E-state index contributed by atoms with van der Waals surface area (Å²) in [5.74, 6) is 0.393. The number of aliphatic carboxylic acids is 1. The number of hydrogen-bond acceptors (Lipinski definition) is 5. The first kappa shape index (κ1) is 11.2. The second-order valence-electron chi connectivity index (χ2n) is 3.04. The predicted molar refractivity (Wildman–Crippen MR) is 57.1 cm³/mol. The van der Waals surface area contributed by atoms with E-state index in [0.717, 1.165) is 6.54 Å². The van der Waals surface area contributed by atoms with Gasteiger partial charge in [0.1, 0.15) is 24.5 Å². The Hall–Kier alpha value is -1.85. The highest BCUT2D eigenvalue weighted by atomic mass is 16.4. The number of aromatic nitrogens is 2. The van der Waals surface area contributed by atoms with Crippen molar-refractivity contribution in [1.82, 2.24) is 9.97 Å². The van der Waals surface area contributed by atoms with Crippen molar-refractivity contribution < 1.29 is 9.90 Å². The van der Waals surface area contributed by atoms with Crippen molar-refractivity contribution in [3.8, 4) is 0 Å². The molecule has 1 rings (SSSR count). The summed E-state index contributed by atoms with van der Waals surface area (Å²) < 4.78 is 0. The SMILES string of the molecule is CCNc1cc(N(C)CC(=O)O)ncn1. The molecule has 6 heteroatoms. The van der Waals surface area contributed by atoms with Gasteiger partial charge in [-0.1, -0.05) is 0 Å². The average molecular weight is 210 g/mol. The van der Waals surface area contributed by atoms with E-state index in [2.05, 4.69) is 15.3 Å². The molecule has 0 aromatic carbocycles. The van der Waals surface area contributed by atoms with Crippen LogP contribution in [0.4, 0.5) is 11.6 Å². The number of nitrogens with one attached hydrogen (secondary N) is 1. The van der Waals surface area contributed by atoms with Crippen LogP contribution in [-0.2, 0) is 4.79 Å². The quantitative estimate of drug-likeness (QED) is 0.733. The molecule has 0 radical (unpaired) electrons. The molecule has 0 spiro atoms. The van der Waals surface area contributed by atoms with E-state index < -0.39 is 5.97 Å². The Morgan fingerprint density at radius 1 is 1.60 bits per heavy atom. The number of carboxylic acids is 1. The van der Waals surface area contributed by atoms with Gasteiger partial charge < -0.3 is 15.3 Å². The number of rotatable bonds is 5. The number of nitrogens with zero attached hydrogens (tertiary/aromatic N) is 3. The van der Waals surface area contributed by atoms with Gasteiger partial charge in [0.2, 0.25) is 0 Å². The molecular formula is C9H14N4O2. The van der Waals surface area contributed by atoms with Crippen molar-refractivity contribution in [3.63, 3.8) is 0 Å². The van der Waals surface area contributed by atoms with E-state index in [0.29, 0.717) is 11.6 Å². The molecule has 1 heterocycles. The standard InChI is InChI=1S/C9H14N4O2/c1-3-10-7-4-8(12-6-11-7)13(2)5-9(14)15/h4,6H,3,5H2,1-2H3,(H,14,15)(H,10,11,12). The van der Waals surface area contributed by atoms with Gasteiger partial charge in [0.05, 0.1) is 0 Å². The number of hydrogen-bond donors (Lipinski definition) is 2. The van der Waals surface area contributed by atoms with Crippen LogP contribution < -0.4 is 10.2 Å². The van der Waals surface area contributed by atoms with Crippen molar-refractivity contribution >= 4 is 17.6 Å². The lowest BCUT2D eigenvalue weighted by Crippen LogP contribution is -2.26. The van der Waals surface area contributed by atoms with Crippen molar-refractivity contribution in [3.05, 3.63) is 12.4 Å². The Labute approximate surface area is 88.0 Å². The van der Waals surface area contributed by atoms with E-state index in [1.54, 1.807) is 18.0 Å². The highest BCUT2D eigenvalue weighted by molar-refractivity contribution is 5.73. The molecule has 0 fully saturated rings. The lowest BCUT2D eigenvalue weighted by Gasteiger charge is -2.15. The monoisotopic (exact) mass is 210 g/mol. The average Bonchev–Trinajstić information content (AvgIpc) is 2.17. The molecule has 0 bridgehead atoms. The van der Waals surface area contributed by atoms with Crippen molar-refractivity contribution in [1.29, 1.82) is 0 Å². The van der Waals surface area contributed by atoms with E-state index in [1.165, 1.54) is 6.33 Å². The summed E-state index contributed by atoms with van der Waals surface area (Å²) in [7, 11) is 1.67. The second kappa shape index (κ2) is 5.14. The van der Waals surface area contributed by atoms with Crippen LogP contribution in [0.5, 0.6) is 0 Å². The number of carboxylic acid groups (broad SMARTS) is 1. The van der Waals surface area contributed by atoms with Gasteiger partial charge in [-0.3, -0.25) is 4.79 Å². The van der Waals surface area contributed by atoms with Gasteiger partial charge in [0, 0.05) is 19.7 Å². The zero-order valence-corrected chi connectivity index (χ0v) is 8.77. The zero-order valence-electron chi connectivity index (χ0n) is 8.77. The lowest BCUT2D eigenvalue weighted by molar-refractivity contribution is -0.135. The normalized spacial score (nSPS) is 9.73. The molecule has 1 aromatic rings. The highest BCUT2D eigenvalue weighted by Gasteiger charge is 2.07. The van der Waals surface area contributed by atoms with Gasteiger partial charge in [-0.25, -0.2) is 9.97 Å². The molecule has 0 amide bonds. The van der Waals surface area contributed by atoms with Gasteiger partial charge in [-0.15, -0.1) is 0 Å². The Morgan fingerprint density at radius 3 is 2.93 bits per heavy atom. The van der Waals surface area contributed by atoms with Crippen LogP contribution in [0.3, 0.4) is 0 Å². The van der Waals surface area contributed by atoms with E-state index >= 15 is 0 Å². The first-order chi connectivity index (χ1) is 7.13. The molecule has 0 unspecified atom stereocenters. The minimum atomic E-state index is -0.888. The van der Waals surface area contributed by atoms with Crippen molar-refractivity contribution in [2.75, 3.05) is 30.4 Å². The van der Waals surface area contributed by atoms with E-state index in [-0.39, 0.29) is 6.54 Å². The number of carbonyl (C=O) groups is 1. The van der Waals surface area contributed by atoms with Crippen LogP contribution in [0.2, 0.25) is 0 Å². The smallest absolute Gasteiger partial charge is 0.323 e. The molecule has 0 saturated carbocycles. The summed E-state index contributed by atoms with van der Waals surface area (Å²) in [5, 5.41) is 11.6. The summed E-state index contributed by atoms with van der Waals surface area (Å²) >= 11 is 0. The Kier molecular flexibility index (Phi) is 3.84. The molecule has 1 aromatic heterocycles. The second-order valence-corrected chi connectivity index (χ2v) is 3.04. The van der Waals surface area contributed by atoms with Gasteiger partial charge >= 0.3 is 5.97 Å². The van der Waals surface area contributed by atoms with Crippen molar-refractivity contribution in [2.45, 2.75) is 6.92 Å². The fourth-order valence-corrected chi connectivity index (χ4v) is 1.12. The van der Waals surface area contributed by atoms with Crippen molar-refractivity contribution in [2.24, 2.45) is 0 Å². The molecule has 2 N–H and O–H groups in total. The summed E-state index contributed by atoms with van der Waals surface area (Å²) in [4.78, 5) is 20.0. The summed E-state index contributed by atoms with van der Waals surface area (Å²) in [6, 6.07) is 1.71. The molecule has 0 saturated heterocycles. The molecule has 6 nitrogen and oxygen atoms in total. The van der Waals surface area contributed by atoms with E-state index in [4.69, 9.17) is 5.11 Å². The predicted octanol–water partition coefficient (Wildman–Crippen LogP) is 0.429. The van der Waals surface area contributed by atoms with Crippen LogP contribution in [0.1, 0.15) is 6.92 Å². The molecule has 0 atom stereocenters. The van der Waals surface area contributed by atoms with Crippen LogP contribution in [0.25, 0.3) is 0 Å². The zero-order chi connectivity index (χ0) is 11.3. The fraction of sp³-hybridized carbons (Fsp3) is 0.444. The minimum absolute atomic E-state index is 0.0808. The minimum Gasteiger partial charge on any atom is -0.480 e. The lowest BCUT2D eigenvalue weighted by atomic mass is 10.4. The topological polar surface area (TPSA) is 78.4 Å². The van der Waals surface area contributed by atoms with Crippen LogP contribution in [-0.4, -0.2) is 41.2 Å².